The van der Waals surface area contributed by atoms with Gasteiger partial charge in [0.1, 0.15) is 6.04 Å². The zero-order valence-corrected chi connectivity index (χ0v) is 13.0. The zero-order chi connectivity index (χ0) is 16.9. The van der Waals surface area contributed by atoms with E-state index in [1.165, 1.54) is 0 Å². The molecule has 0 aromatic rings. The molecule has 2 aliphatic rings. The largest absolute Gasteiger partial charge is 0.480 e. The van der Waals surface area contributed by atoms with Gasteiger partial charge < -0.3 is 10.8 Å². The second-order valence-corrected chi connectivity index (χ2v) is 5.62. The number of nitrogens with zero attached hydrogens (tertiary/aromatic N) is 2. The number of likely N-dealkylation sites (N-methyl/N-ethyl adjacent to an activating group) is 2. The van der Waals surface area contributed by atoms with Gasteiger partial charge in [0.2, 0.25) is 5.91 Å². The monoisotopic (exact) mass is 305 g/mol. The molecule has 1 amide bonds. The number of carbonyl (C=O) groups excluding carboxylic acids is 1. The van der Waals surface area contributed by atoms with Crippen molar-refractivity contribution in [1.29, 1.82) is 0 Å². The molecule has 2 fully saturated rings. The molecular formula is C16H23N3O3. The minimum absolute atomic E-state index is 0.0103. The summed E-state index contributed by atoms with van der Waals surface area (Å²) < 4.78 is 0. The Kier molecular flexibility index (Phi) is 6.42. The highest BCUT2D eigenvalue weighted by atomic mass is 16.4. The van der Waals surface area contributed by atoms with Gasteiger partial charge in [0.15, 0.2) is 0 Å². The fraction of sp³-hybridized carbons (Fsp3) is 0.625. The third-order valence-corrected chi connectivity index (χ3v) is 4.39. The van der Waals surface area contributed by atoms with Crippen LogP contribution in [0.25, 0.3) is 0 Å². The van der Waals surface area contributed by atoms with Crippen LogP contribution in [0.15, 0.2) is 0 Å². The molecule has 3 N–H and O–H groups in total. The van der Waals surface area contributed by atoms with Crippen LogP contribution >= 0.6 is 0 Å². The Hall–Kier alpha value is -2.02. The van der Waals surface area contributed by atoms with Crippen LogP contribution in [0.1, 0.15) is 25.7 Å². The maximum absolute atomic E-state index is 10.8. The normalized spacial score (nSPS) is 31.6. The first-order valence-electron chi connectivity index (χ1n) is 7.21. The molecule has 6 heteroatoms. The summed E-state index contributed by atoms with van der Waals surface area (Å²) in [5.74, 6) is 4.13. The van der Waals surface area contributed by atoms with Gasteiger partial charge in [-0.15, -0.1) is 12.8 Å². The first kappa shape index (κ1) is 18.0. The maximum atomic E-state index is 10.8. The van der Waals surface area contributed by atoms with E-state index in [9.17, 15) is 9.59 Å². The Labute approximate surface area is 131 Å². The lowest BCUT2D eigenvalue weighted by atomic mass is 10.2. The lowest BCUT2D eigenvalue weighted by Crippen LogP contribution is -2.40. The second kappa shape index (κ2) is 7.84. The Morgan fingerprint density at radius 1 is 1.00 bits per heavy atom. The molecule has 0 bridgehead atoms. The van der Waals surface area contributed by atoms with E-state index in [0.717, 1.165) is 19.3 Å². The van der Waals surface area contributed by atoms with Crippen molar-refractivity contribution in [2.75, 3.05) is 14.1 Å². The van der Waals surface area contributed by atoms with Gasteiger partial charge in [-0.1, -0.05) is 11.8 Å². The topological polar surface area (TPSA) is 86.9 Å². The van der Waals surface area contributed by atoms with Crippen LogP contribution in [0.5, 0.6) is 0 Å². The van der Waals surface area contributed by atoms with Gasteiger partial charge in [-0.2, -0.15) is 0 Å². The molecule has 120 valence electrons. The number of hydrogen-bond donors (Lipinski definition) is 2. The molecule has 2 aliphatic heterocycles. The van der Waals surface area contributed by atoms with Gasteiger partial charge in [-0.05, 0) is 39.8 Å². The van der Waals surface area contributed by atoms with Crippen molar-refractivity contribution in [3.05, 3.63) is 0 Å². The predicted octanol–water partition coefficient (Wildman–Crippen LogP) is -0.265. The summed E-state index contributed by atoms with van der Waals surface area (Å²) in [4.78, 5) is 25.0. The molecule has 0 aromatic heterocycles. The average Bonchev–Trinajstić information content (AvgIpc) is 3.02. The van der Waals surface area contributed by atoms with Crippen molar-refractivity contribution in [2.24, 2.45) is 5.73 Å². The van der Waals surface area contributed by atoms with Gasteiger partial charge in [0, 0.05) is 0 Å². The number of rotatable bonds is 2. The Morgan fingerprint density at radius 3 is 1.64 bits per heavy atom. The van der Waals surface area contributed by atoms with Crippen molar-refractivity contribution < 1.29 is 14.7 Å². The molecule has 2 heterocycles. The van der Waals surface area contributed by atoms with Crippen molar-refractivity contribution in [1.82, 2.24) is 9.80 Å². The summed E-state index contributed by atoms with van der Waals surface area (Å²) in [6.07, 6.45) is 13.6. The smallest absolute Gasteiger partial charge is 0.320 e. The fourth-order valence-electron chi connectivity index (χ4n) is 2.92. The number of carboxylic acids is 1. The van der Waals surface area contributed by atoms with E-state index in [1.54, 1.807) is 11.9 Å². The van der Waals surface area contributed by atoms with E-state index in [4.69, 9.17) is 23.7 Å². The first-order valence-corrected chi connectivity index (χ1v) is 7.21. The molecule has 4 atom stereocenters. The molecule has 22 heavy (non-hydrogen) atoms. The molecule has 0 aromatic carbocycles. The molecular weight excluding hydrogens is 282 g/mol. The predicted molar refractivity (Wildman–Crippen MR) is 83.6 cm³/mol. The number of carbonyl (C=O) groups is 2. The molecule has 0 unspecified atom stereocenters. The van der Waals surface area contributed by atoms with Crippen LogP contribution in [0.2, 0.25) is 0 Å². The summed E-state index contributed by atoms with van der Waals surface area (Å²) in [5.41, 5.74) is 5.16. The highest BCUT2D eigenvalue weighted by Gasteiger charge is 2.34. The van der Waals surface area contributed by atoms with Crippen molar-refractivity contribution in [3.63, 3.8) is 0 Å². The molecule has 0 radical (unpaired) electrons. The molecule has 2 saturated heterocycles. The number of primary amides is 1. The van der Waals surface area contributed by atoms with Crippen LogP contribution in [0, 0.1) is 24.7 Å². The number of aliphatic carboxylic acids is 1. The lowest BCUT2D eigenvalue weighted by Gasteiger charge is -2.19. The highest BCUT2D eigenvalue weighted by molar-refractivity contribution is 5.80. The zero-order valence-electron chi connectivity index (χ0n) is 13.0. The molecule has 0 aliphatic carbocycles. The summed E-state index contributed by atoms with van der Waals surface area (Å²) in [5, 5.41) is 8.69. The molecule has 0 spiro atoms. The van der Waals surface area contributed by atoms with Gasteiger partial charge in [-0.25, -0.2) is 0 Å². The molecule has 2 rings (SSSR count). The van der Waals surface area contributed by atoms with E-state index in [0.29, 0.717) is 6.42 Å². The number of nitrogens with two attached hydrogens (primary N) is 1. The minimum Gasteiger partial charge on any atom is -0.480 e. The Morgan fingerprint density at radius 2 is 1.41 bits per heavy atom. The maximum Gasteiger partial charge on any atom is 0.320 e. The van der Waals surface area contributed by atoms with E-state index < -0.39 is 5.97 Å². The highest BCUT2D eigenvalue weighted by Crippen LogP contribution is 2.21. The number of terminal acetylenes is 2. The fourth-order valence-corrected chi connectivity index (χ4v) is 2.92. The van der Waals surface area contributed by atoms with Gasteiger partial charge in [0.05, 0.1) is 18.1 Å². The standard InChI is InChI=1S/C8H12N2O.C8H11NO2/c1-3-6-4-5-7(8(9)11)10(6)2;1-3-6-4-5-7(8(10)11)9(6)2/h1,6-7H,4-5H2,2H3,(H2,9,11);1,6-7H,4-5H2,2H3,(H,10,11)/t2*6-,7-/m00/s1. The summed E-state index contributed by atoms with van der Waals surface area (Å²) in [7, 11) is 3.60. The van der Waals surface area contributed by atoms with E-state index >= 15 is 0 Å². The van der Waals surface area contributed by atoms with E-state index in [1.807, 2.05) is 11.9 Å². The summed E-state index contributed by atoms with van der Waals surface area (Å²) in [6.45, 7) is 0. The number of amides is 1. The summed E-state index contributed by atoms with van der Waals surface area (Å²) in [6, 6.07) is -0.435. The van der Waals surface area contributed by atoms with E-state index in [-0.39, 0.29) is 30.1 Å². The van der Waals surface area contributed by atoms with Gasteiger partial charge >= 0.3 is 5.97 Å². The van der Waals surface area contributed by atoms with Crippen LogP contribution in [-0.4, -0.2) is 65.0 Å². The third kappa shape index (κ3) is 4.00. The third-order valence-electron chi connectivity index (χ3n) is 4.39. The average molecular weight is 305 g/mol. The van der Waals surface area contributed by atoms with Gasteiger partial charge in [0.25, 0.3) is 0 Å². The Balaban J connectivity index is 0.000000220. The number of carboxylic acid groups (broad SMARTS) is 1. The van der Waals surface area contributed by atoms with Crippen molar-refractivity contribution in [3.8, 4) is 24.7 Å². The van der Waals surface area contributed by atoms with E-state index in [2.05, 4.69) is 11.8 Å². The second-order valence-electron chi connectivity index (χ2n) is 5.62. The number of hydrogen-bond acceptors (Lipinski definition) is 4. The Bertz CT molecular complexity index is 460. The van der Waals surface area contributed by atoms with Crippen LogP contribution in [0.4, 0.5) is 0 Å². The number of likely N-dealkylation sites (tertiary alicyclic amines) is 2. The lowest BCUT2D eigenvalue weighted by molar-refractivity contribution is -0.141. The molecule has 6 nitrogen and oxygen atoms in total. The van der Waals surface area contributed by atoms with Crippen LogP contribution < -0.4 is 5.73 Å². The van der Waals surface area contributed by atoms with Crippen molar-refractivity contribution >= 4 is 11.9 Å². The SMILES string of the molecule is C#C[C@H]1CC[C@@H](C(=O)O)N1C.C#C[C@H]1CC[C@@H](C(N)=O)N1C. The quantitative estimate of drug-likeness (QED) is 0.686. The molecule has 0 saturated carbocycles. The first-order chi connectivity index (χ1) is 10.3. The van der Waals surface area contributed by atoms with Crippen LogP contribution in [-0.2, 0) is 9.59 Å². The van der Waals surface area contributed by atoms with Crippen LogP contribution in [0.3, 0.4) is 0 Å². The van der Waals surface area contributed by atoms with Crippen molar-refractivity contribution in [2.45, 2.75) is 49.9 Å². The minimum atomic E-state index is -0.773. The van der Waals surface area contributed by atoms with Gasteiger partial charge in [-0.3, -0.25) is 19.4 Å². The summed E-state index contributed by atoms with van der Waals surface area (Å²) >= 11 is 0.